The van der Waals surface area contributed by atoms with Gasteiger partial charge in [-0.15, -0.1) is 0 Å². The first-order chi connectivity index (χ1) is 16.5. The molecule has 12 atom stereocenters. The van der Waals surface area contributed by atoms with Gasteiger partial charge in [0.2, 0.25) is 0 Å². The van der Waals surface area contributed by atoms with E-state index < -0.39 is 24.1 Å². The number of likely N-dealkylation sites (N-methyl/N-ethyl adjacent to an activating group) is 1. The minimum Gasteiger partial charge on any atom is -0.479 e. The number of rotatable bonds is 4. The molecule has 1 saturated carbocycles. The predicted molar refractivity (Wildman–Crippen MR) is 127 cm³/mol. The van der Waals surface area contributed by atoms with E-state index in [1.807, 2.05) is 0 Å². The number of carbonyl (C=O) groups is 2. The standard InChI is InChI=1S/C20H25BrN2O2.C4H6O6/c1-3-10-11-7-14-17-20(12-6-9(21)4-5-13(12)22(17)2)8-15(16(11)18(20)24)23(14)19(10)25;5-1(3(7)8)2(6)4(9)10/h4-6,10-11,14-19,24-25H,3,7-8H2,1-2H3;1-2,5-6H,(H,7,8)(H,9,10)/t10-,11?,14+,15+,16?,17+,18+,19+,20?;1-,2-/m11/s1. The summed E-state index contributed by atoms with van der Waals surface area (Å²) in [5.41, 5.74) is 2.42. The van der Waals surface area contributed by atoms with Crippen molar-refractivity contribution in [2.75, 3.05) is 11.9 Å². The molecule has 0 amide bonds. The number of piperidine rings is 4. The largest absolute Gasteiger partial charge is 0.479 e. The fourth-order valence-corrected chi connectivity index (χ4v) is 8.53. The first-order valence-corrected chi connectivity index (χ1v) is 12.7. The molecule has 11 heteroatoms. The van der Waals surface area contributed by atoms with Crippen LogP contribution >= 0.6 is 15.9 Å². The minimum absolute atomic E-state index is 0.165. The summed E-state index contributed by atoms with van der Waals surface area (Å²) in [4.78, 5) is 24.4. The number of benzene rings is 1. The van der Waals surface area contributed by atoms with Crippen LogP contribution in [-0.4, -0.2) is 97.2 Å². The van der Waals surface area contributed by atoms with E-state index >= 15 is 0 Å². The zero-order chi connectivity index (χ0) is 25.6. The van der Waals surface area contributed by atoms with Crippen LogP contribution in [0.4, 0.5) is 5.69 Å². The summed E-state index contributed by atoms with van der Waals surface area (Å²) < 4.78 is 1.10. The summed E-state index contributed by atoms with van der Waals surface area (Å²) >= 11 is 3.65. The smallest absolute Gasteiger partial charge is 0.335 e. The summed E-state index contributed by atoms with van der Waals surface area (Å²) in [5, 5.41) is 55.3. The molecule has 5 aliphatic heterocycles. The van der Waals surface area contributed by atoms with E-state index in [-0.39, 0.29) is 23.8 Å². The summed E-state index contributed by atoms with van der Waals surface area (Å²) in [5.74, 6) is -2.45. The summed E-state index contributed by atoms with van der Waals surface area (Å²) in [7, 11) is 2.18. The van der Waals surface area contributed by atoms with Crippen LogP contribution < -0.4 is 4.90 Å². The number of hydrogen-bond acceptors (Lipinski definition) is 8. The maximum Gasteiger partial charge on any atom is 0.335 e. The molecular formula is C24H31BrN2O8. The molecule has 10 nitrogen and oxygen atoms in total. The Labute approximate surface area is 210 Å². The molecule has 35 heavy (non-hydrogen) atoms. The molecule has 6 aliphatic rings. The van der Waals surface area contributed by atoms with Crippen LogP contribution in [0.3, 0.4) is 0 Å². The molecule has 1 aromatic rings. The number of halogens is 1. The molecule has 5 bridgehead atoms. The van der Waals surface area contributed by atoms with Crippen molar-refractivity contribution in [3.05, 3.63) is 28.2 Å². The average molecular weight is 555 g/mol. The van der Waals surface area contributed by atoms with Crippen molar-refractivity contribution in [1.29, 1.82) is 0 Å². The van der Waals surface area contributed by atoms with Gasteiger partial charge in [0.05, 0.1) is 12.1 Å². The lowest BCUT2D eigenvalue weighted by Gasteiger charge is -2.62. The lowest BCUT2D eigenvalue weighted by Crippen LogP contribution is -2.72. The maximum atomic E-state index is 11.7. The first kappa shape index (κ1) is 24.9. The van der Waals surface area contributed by atoms with Crippen LogP contribution in [0.1, 0.15) is 31.7 Å². The topological polar surface area (TPSA) is 162 Å². The third-order valence-corrected chi connectivity index (χ3v) is 9.82. The van der Waals surface area contributed by atoms with Crippen molar-refractivity contribution in [3.8, 4) is 0 Å². The number of carboxylic acids is 2. The van der Waals surface area contributed by atoms with Gasteiger partial charge in [-0.05, 0) is 48.9 Å². The lowest BCUT2D eigenvalue weighted by atomic mass is 9.62. The highest BCUT2D eigenvalue weighted by Gasteiger charge is 2.76. The van der Waals surface area contributed by atoms with Gasteiger partial charge in [0.25, 0.3) is 0 Å². The lowest BCUT2D eigenvalue weighted by molar-refractivity contribution is -0.211. The number of aliphatic hydroxyl groups excluding tert-OH is 4. The highest BCUT2D eigenvalue weighted by Crippen LogP contribution is 2.69. The van der Waals surface area contributed by atoms with Crippen LogP contribution in [0.25, 0.3) is 0 Å². The van der Waals surface area contributed by atoms with Crippen molar-refractivity contribution in [3.63, 3.8) is 0 Å². The second-order valence-corrected chi connectivity index (χ2v) is 11.4. The van der Waals surface area contributed by atoms with E-state index in [0.717, 1.165) is 23.7 Å². The second-order valence-electron chi connectivity index (χ2n) is 10.5. The molecule has 1 aliphatic carbocycles. The molecule has 1 aromatic carbocycles. The molecule has 192 valence electrons. The SMILES string of the molecule is CC[C@@H]1C2C[C@H]3[C@@H]4N(C)c5ccc(Br)cc5C45C[C@@H](C2[C@@H]5O)N3[C@H]1O.O=C(O)[C@H](O)[C@@H](O)C(=O)O. The van der Waals surface area contributed by atoms with Crippen LogP contribution in [0.15, 0.2) is 22.7 Å². The average Bonchev–Trinajstić information content (AvgIpc) is 3.19. The monoisotopic (exact) mass is 554 g/mol. The van der Waals surface area contributed by atoms with E-state index in [0.29, 0.717) is 29.8 Å². The Morgan fingerprint density at radius 3 is 2.34 bits per heavy atom. The van der Waals surface area contributed by atoms with Gasteiger partial charge in [-0.3, -0.25) is 4.90 Å². The van der Waals surface area contributed by atoms with Crippen molar-refractivity contribution >= 4 is 33.6 Å². The van der Waals surface area contributed by atoms with Gasteiger partial charge in [-0.2, -0.15) is 0 Å². The quantitative estimate of drug-likeness (QED) is 0.303. The molecule has 5 fully saturated rings. The van der Waals surface area contributed by atoms with Crippen LogP contribution in [0.2, 0.25) is 0 Å². The van der Waals surface area contributed by atoms with Gasteiger partial charge in [0, 0.05) is 46.5 Å². The molecule has 7 rings (SSSR count). The van der Waals surface area contributed by atoms with Crippen LogP contribution in [0, 0.1) is 17.8 Å². The van der Waals surface area contributed by atoms with E-state index in [1.165, 1.54) is 11.3 Å². The van der Waals surface area contributed by atoms with E-state index in [1.54, 1.807) is 0 Å². The van der Waals surface area contributed by atoms with Gasteiger partial charge < -0.3 is 35.5 Å². The van der Waals surface area contributed by atoms with Gasteiger partial charge in [-0.1, -0.05) is 22.9 Å². The van der Waals surface area contributed by atoms with Gasteiger partial charge in [0.15, 0.2) is 12.2 Å². The number of fused-ring (bicyclic) bond motifs is 2. The van der Waals surface area contributed by atoms with Gasteiger partial charge in [0.1, 0.15) is 6.23 Å². The molecule has 1 spiro atoms. The second kappa shape index (κ2) is 8.39. The van der Waals surface area contributed by atoms with Crippen LogP contribution in [0.5, 0.6) is 0 Å². The fraction of sp³-hybridized carbons (Fsp3) is 0.667. The first-order valence-electron chi connectivity index (χ1n) is 12.0. The summed E-state index contributed by atoms with van der Waals surface area (Å²) in [6, 6.07) is 7.50. The van der Waals surface area contributed by atoms with E-state index in [4.69, 9.17) is 20.4 Å². The number of aliphatic hydroxyl groups is 4. The van der Waals surface area contributed by atoms with Crippen molar-refractivity contribution in [2.24, 2.45) is 17.8 Å². The van der Waals surface area contributed by atoms with Crippen molar-refractivity contribution in [1.82, 2.24) is 4.90 Å². The van der Waals surface area contributed by atoms with Gasteiger partial charge in [-0.25, -0.2) is 9.59 Å². The molecule has 5 heterocycles. The molecule has 4 unspecified atom stereocenters. The number of anilines is 1. The molecular weight excluding hydrogens is 524 g/mol. The number of hydrogen-bond donors (Lipinski definition) is 6. The van der Waals surface area contributed by atoms with Crippen LogP contribution in [-0.2, 0) is 15.0 Å². The van der Waals surface area contributed by atoms with Gasteiger partial charge >= 0.3 is 11.9 Å². The summed E-state index contributed by atoms with van der Waals surface area (Å²) in [6.45, 7) is 2.19. The zero-order valence-electron chi connectivity index (χ0n) is 19.4. The number of nitrogens with zero attached hydrogens (tertiary/aromatic N) is 2. The van der Waals surface area contributed by atoms with Crippen molar-refractivity contribution < 1.29 is 40.2 Å². The minimum atomic E-state index is -2.27. The number of carboxylic acid groups (broad SMARTS) is 2. The normalized spacial score (nSPS) is 43.2. The Bertz CT molecular complexity index is 1040. The maximum absolute atomic E-state index is 11.7. The third-order valence-electron chi connectivity index (χ3n) is 9.32. The van der Waals surface area contributed by atoms with E-state index in [2.05, 4.69) is 57.9 Å². The predicted octanol–water partition coefficient (Wildman–Crippen LogP) is 0.194. The Balaban J connectivity index is 0.000000218. The fourth-order valence-electron chi connectivity index (χ4n) is 8.16. The Kier molecular flexibility index (Phi) is 5.97. The molecule has 0 aromatic heterocycles. The third kappa shape index (κ3) is 3.18. The Hall–Kier alpha value is -1.76. The Morgan fingerprint density at radius 2 is 1.77 bits per heavy atom. The molecule has 6 N–H and O–H groups in total. The highest BCUT2D eigenvalue weighted by atomic mass is 79.9. The summed E-state index contributed by atoms with van der Waals surface area (Å²) in [6.07, 6.45) is -2.06. The molecule has 0 radical (unpaired) electrons. The number of aliphatic carboxylic acids is 2. The zero-order valence-corrected chi connectivity index (χ0v) is 21.0. The molecule has 4 saturated heterocycles. The highest BCUT2D eigenvalue weighted by molar-refractivity contribution is 9.10. The van der Waals surface area contributed by atoms with Crippen molar-refractivity contribution in [2.45, 2.75) is 74.3 Å². The Morgan fingerprint density at radius 1 is 1.14 bits per heavy atom. The van der Waals surface area contributed by atoms with E-state index in [9.17, 15) is 19.8 Å².